The quantitative estimate of drug-likeness (QED) is 0.307. The minimum Gasteiger partial charge on any atom is -0.383 e. The second-order valence-corrected chi connectivity index (χ2v) is 5.48. The molecule has 0 amide bonds. The summed E-state index contributed by atoms with van der Waals surface area (Å²) in [6.45, 7) is 8.57. The minimum absolute atomic E-state index is 0. The molecule has 6 heteroatoms. The van der Waals surface area contributed by atoms with Gasteiger partial charge in [-0.05, 0) is 18.6 Å². The summed E-state index contributed by atoms with van der Waals surface area (Å²) in [7, 11) is 1.66. The van der Waals surface area contributed by atoms with Crippen molar-refractivity contribution >= 4 is 29.9 Å². The molecule has 0 aliphatic rings. The van der Waals surface area contributed by atoms with E-state index in [9.17, 15) is 4.39 Å². The van der Waals surface area contributed by atoms with Gasteiger partial charge in [-0.2, -0.15) is 0 Å². The SMILES string of the molecule is CCNC(=NCC(C)(C)c1ccccc1F)NCCOC.I. The maximum atomic E-state index is 13.9. The number of guanidine groups is 1. The fourth-order valence-electron chi connectivity index (χ4n) is 1.99. The highest BCUT2D eigenvalue weighted by molar-refractivity contribution is 14.0. The van der Waals surface area contributed by atoms with Gasteiger partial charge in [0, 0.05) is 25.6 Å². The number of nitrogens with zero attached hydrogens (tertiary/aromatic N) is 1. The standard InChI is InChI=1S/C16H26FN3O.HI/c1-5-18-15(19-10-11-21-4)20-12-16(2,3)13-8-6-7-9-14(13)17;/h6-9H,5,10-12H2,1-4H3,(H2,18,19,20);1H. The van der Waals surface area contributed by atoms with Crippen LogP contribution in [0.15, 0.2) is 29.3 Å². The summed E-state index contributed by atoms with van der Waals surface area (Å²) in [4.78, 5) is 4.55. The lowest BCUT2D eigenvalue weighted by Crippen LogP contribution is -2.40. The highest BCUT2D eigenvalue weighted by atomic mass is 127. The molecule has 0 fully saturated rings. The van der Waals surface area contributed by atoms with Crippen LogP contribution in [0.5, 0.6) is 0 Å². The van der Waals surface area contributed by atoms with E-state index in [2.05, 4.69) is 15.6 Å². The van der Waals surface area contributed by atoms with Crippen LogP contribution in [0.25, 0.3) is 0 Å². The average Bonchev–Trinajstić information content (AvgIpc) is 2.45. The minimum atomic E-state index is -0.366. The van der Waals surface area contributed by atoms with Crippen LogP contribution in [0.3, 0.4) is 0 Å². The third-order valence-electron chi connectivity index (χ3n) is 3.18. The molecule has 0 aromatic heterocycles. The Labute approximate surface area is 149 Å². The van der Waals surface area contributed by atoms with Crippen LogP contribution in [-0.4, -0.2) is 39.3 Å². The van der Waals surface area contributed by atoms with E-state index in [0.717, 1.165) is 12.5 Å². The molecule has 0 saturated heterocycles. The zero-order valence-corrected chi connectivity index (χ0v) is 16.1. The highest BCUT2D eigenvalue weighted by Crippen LogP contribution is 2.25. The molecule has 0 saturated carbocycles. The van der Waals surface area contributed by atoms with Gasteiger partial charge in [0.05, 0.1) is 13.2 Å². The van der Waals surface area contributed by atoms with Gasteiger partial charge in [0.2, 0.25) is 0 Å². The van der Waals surface area contributed by atoms with Crippen LogP contribution in [0.4, 0.5) is 4.39 Å². The predicted molar refractivity (Wildman–Crippen MR) is 101 cm³/mol. The fourth-order valence-corrected chi connectivity index (χ4v) is 1.99. The molecular weight excluding hydrogens is 396 g/mol. The third-order valence-corrected chi connectivity index (χ3v) is 3.18. The van der Waals surface area contributed by atoms with Crippen molar-refractivity contribution in [3.05, 3.63) is 35.6 Å². The summed E-state index contributed by atoms with van der Waals surface area (Å²) in [5.74, 6) is 0.536. The van der Waals surface area contributed by atoms with Gasteiger partial charge in [-0.15, -0.1) is 24.0 Å². The number of nitrogens with one attached hydrogen (secondary N) is 2. The molecule has 0 bridgehead atoms. The smallest absolute Gasteiger partial charge is 0.191 e. The zero-order chi connectivity index (χ0) is 15.7. The number of hydrogen-bond acceptors (Lipinski definition) is 2. The van der Waals surface area contributed by atoms with E-state index < -0.39 is 0 Å². The fraction of sp³-hybridized carbons (Fsp3) is 0.562. The summed E-state index contributed by atoms with van der Waals surface area (Å²) in [6.07, 6.45) is 0. The number of ether oxygens (including phenoxy) is 1. The number of benzene rings is 1. The van der Waals surface area contributed by atoms with Gasteiger partial charge in [-0.3, -0.25) is 4.99 Å². The number of hydrogen-bond donors (Lipinski definition) is 2. The average molecular weight is 423 g/mol. The Balaban J connectivity index is 0.00000441. The summed E-state index contributed by atoms with van der Waals surface area (Å²) < 4.78 is 18.9. The summed E-state index contributed by atoms with van der Waals surface area (Å²) in [5, 5.41) is 6.35. The van der Waals surface area contributed by atoms with Crippen molar-refractivity contribution in [3.63, 3.8) is 0 Å². The first-order valence-electron chi connectivity index (χ1n) is 7.27. The third kappa shape index (κ3) is 6.91. The van der Waals surface area contributed by atoms with E-state index in [1.165, 1.54) is 6.07 Å². The summed E-state index contributed by atoms with van der Waals surface area (Å²) in [6, 6.07) is 6.86. The summed E-state index contributed by atoms with van der Waals surface area (Å²) >= 11 is 0. The Morgan fingerprint density at radius 2 is 1.95 bits per heavy atom. The van der Waals surface area contributed by atoms with Crippen molar-refractivity contribution in [2.75, 3.05) is 33.4 Å². The highest BCUT2D eigenvalue weighted by Gasteiger charge is 2.23. The van der Waals surface area contributed by atoms with E-state index in [0.29, 0.717) is 25.3 Å². The van der Waals surface area contributed by atoms with E-state index in [-0.39, 0.29) is 35.2 Å². The monoisotopic (exact) mass is 423 g/mol. The predicted octanol–water partition coefficient (Wildman–Crippen LogP) is 2.92. The van der Waals surface area contributed by atoms with E-state index in [1.54, 1.807) is 13.2 Å². The molecule has 0 aliphatic heterocycles. The van der Waals surface area contributed by atoms with Crippen molar-refractivity contribution in [1.29, 1.82) is 0 Å². The molecule has 0 heterocycles. The first kappa shape index (κ1) is 21.1. The first-order chi connectivity index (χ1) is 10.0. The Hall–Kier alpha value is -0.890. The lowest BCUT2D eigenvalue weighted by Gasteiger charge is -2.24. The molecular formula is C16H27FIN3O. The number of rotatable bonds is 7. The number of methoxy groups -OCH3 is 1. The first-order valence-corrected chi connectivity index (χ1v) is 7.27. The van der Waals surface area contributed by atoms with Gasteiger partial charge in [0.25, 0.3) is 0 Å². The Morgan fingerprint density at radius 3 is 2.55 bits per heavy atom. The van der Waals surface area contributed by atoms with Gasteiger partial charge in [0.1, 0.15) is 5.82 Å². The molecule has 1 aromatic rings. The second-order valence-electron chi connectivity index (χ2n) is 5.48. The molecule has 0 radical (unpaired) electrons. The van der Waals surface area contributed by atoms with Crippen LogP contribution in [0.2, 0.25) is 0 Å². The molecule has 1 rings (SSSR count). The Morgan fingerprint density at radius 1 is 1.27 bits per heavy atom. The second kappa shape index (κ2) is 10.8. The van der Waals surface area contributed by atoms with Crippen LogP contribution in [-0.2, 0) is 10.2 Å². The largest absolute Gasteiger partial charge is 0.383 e. The van der Waals surface area contributed by atoms with Crippen LogP contribution < -0.4 is 10.6 Å². The molecule has 1 aromatic carbocycles. The van der Waals surface area contributed by atoms with Gasteiger partial charge in [-0.1, -0.05) is 32.0 Å². The van der Waals surface area contributed by atoms with Crippen molar-refractivity contribution in [2.45, 2.75) is 26.2 Å². The van der Waals surface area contributed by atoms with E-state index in [1.807, 2.05) is 32.9 Å². The van der Waals surface area contributed by atoms with E-state index >= 15 is 0 Å². The van der Waals surface area contributed by atoms with Crippen LogP contribution >= 0.6 is 24.0 Å². The molecule has 2 N–H and O–H groups in total. The molecule has 22 heavy (non-hydrogen) atoms. The number of aliphatic imine (C=N–C) groups is 1. The summed E-state index contributed by atoms with van der Waals surface area (Å²) in [5.41, 5.74) is 0.316. The van der Waals surface area contributed by atoms with Crippen molar-refractivity contribution in [2.24, 2.45) is 4.99 Å². The maximum Gasteiger partial charge on any atom is 0.191 e. The van der Waals surface area contributed by atoms with Crippen molar-refractivity contribution in [1.82, 2.24) is 10.6 Å². The molecule has 126 valence electrons. The lowest BCUT2D eigenvalue weighted by atomic mass is 9.84. The van der Waals surface area contributed by atoms with Gasteiger partial charge < -0.3 is 15.4 Å². The molecule has 0 spiro atoms. The maximum absolute atomic E-state index is 13.9. The van der Waals surface area contributed by atoms with E-state index in [4.69, 9.17) is 4.74 Å². The zero-order valence-electron chi connectivity index (χ0n) is 13.8. The van der Waals surface area contributed by atoms with Crippen LogP contribution in [0, 0.1) is 5.82 Å². The van der Waals surface area contributed by atoms with Gasteiger partial charge in [0.15, 0.2) is 5.96 Å². The van der Waals surface area contributed by atoms with Gasteiger partial charge >= 0.3 is 0 Å². The normalized spacial score (nSPS) is 11.8. The lowest BCUT2D eigenvalue weighted by molar-refractivity contribution is 0.203. The molecule has 4 nitrogen and oxygen atoms in total. The number of halogens is 2. The van der Waals surface area contributed by atoms with Crippen molar-refractivity contribution < 1.29 is 9.13 Å². The van der Waals surface area contributed by atoms with Gasteiger partial charge in [-0.25, -0.2) is 4.39 Å². The topological polar surface area (TPSA) is 45.7 Å². The molecule has 0 unspecified atom stereocenters. The Bertz CT molecular complexity index is 466. The Kier molecular flexibility index (Phi) is 10.3. The van der Waals surface area contributed by atoms with Crippen molar-refractivity contribution in [3.8, 4) is 0 Å². The molecule has 0 aliphatic carbocycles. The molecule has 0 atom stereocenters. The van der Waals surface area contributed by atoms with Crippen LogP contribution in [0.1, 0.15) is 26.3 Å².